The summed E-state index contributed by atoms with van der Waals surface area (Å²) in [5.41, 5.74) is 2.52. The predicted molar refractivity (Wildman–Crippen MR) is 78.2 cm³/mol. The van der Waals surface area contributed by atoms with Gasteiger partial charge in [-0.05, 0) is 39.2 Å². The Kier molecular flexibility index (Phi) is 5.67. The van der Waals surface area contributed by atoms with E-state index in [4.69, 9.17) is 4.74 Å². The third-order valence-corrected chi connectivity index (χ3v) is 3.21. The molecule has 0 bridgehead atoms. The summed E-state index contributed by atoms with van der Waals surface area (Å²) < 4.78 is 5.44. The average molecular weight is 249 g/mol. The second kappa shape index (κ2) is 6.79. The Morgan fingerprint density at radius 1 is 1.17 bits per heavy atom. The highest BCUT2D eigenvalue weighted by Crippen LogP contribution is 2.26. The maximum Gasteiger partial charge on any atom is 0.123 e. The minimum Gasteiger partial charge on any atom is -0.496 e. The predicted octanol–water partition coefficient (Wildman–Crippen LogP) is 4.09. The zero-order valence-electron chi connectivity index (χ0n) is 12.6. The van der Waals surface area contributed by atoms with Crippen molar-refractivity contribution < 1.29 is 4.74 Å². The van der Waals surface area contributed by atoms with Gasteiger partial charge in [0.2, 0.25) is 0 Å². The van der Waals surface area contributed by atoms with Crippen molar-refractivity contribution in [1.82, 2.24) is 5.32 Å². The molecule has 0 aliphatic rings. The van der Waals surface area contributed by atoms with Crippen molar-refractivity contribution in [1.29, 1.82) is 0 Å². The molecule has 0 heterocycles. The van der Waals surface area contributed by atoms with Gasteiger partial charge in [-0.25, -0.2) is 0 Å². The number of ether oxygens (including phenoxy) is 1. The molecule has 0 fully saturated rings. The first-order chi connectivity index (χ1) is 8.43. The van der Waals surface area contributed by atoms with Crippen molar-refractivity contribution >= 4 is 0 Å². The molecule has 0 saturated heterocycles. The monoisotopic (exact) mass is 249 g/mol. The molecule has 0 aromatic heterocycles. The second-order valence-electron chi connectivity index (χ2n) is 5.66. The molecule has 2 nitrogen and oxygen atoms in total. The van der Waals surface area contributed by atoms with Gasteiger partial charge < -0.3 is 10.1 Å². The molecule has 2 atom stereocenters. The second-order valence-corrected chi connectivity index (χ2v) is 5.66. The fraction of sp³-hybridized carbons (Fsp3) is 0.625. The summed E-state index contributed by atoms with van der Waals surface area (Å²) in [6.07, 6.45) is 1.19. The van der Waals surface area contributed by atoms with E-state index in [0.29, 0.717) is 12.1 Å². The molecule has 1 aromatic carbocycles. The lowest BCUT2D eigenvalue weighted by Gasteiger charge is -2.23. The Morgan fingerprint density at radius 3 is 2.39 bits per heavy atom. The number of hydrogen-bond acceptors (Lipinski definition) is 2. The Labute approximate surface area is 112 Å². The van der Waals surface area contributed by atoms with Gasteiger partial charge in [0, 0.05) is 17.6 Å². The summed E-state index contributed by atoms with van der Waals surface area (Å²) in [5.74, 6) is 1.69. The maximum absolute atomic E-state index is 5.44. The van der Waals surface area contributed by atoms with Crippen molar-refractivity contribution in [3.05, 3.63) is 29.3 Å². The van der Waals surface area contributed by atoms with E-state index in [0.717, 1.165) is 11.7 Å². The van der Waals surface area contributed by atoms with E-state index in [9.17, 15) is 0 Å². The topological polar surface area (TPSA) is 21.3 Å². The third-order valence-electron chi connectivity index (χ3n) is 3.21. The van der Waals surface area contributed by atoms with Crippen molar-refractivity contribution in [2.45, 2.75) is 53.1 Å². The van der Waals surface area contributed by atoms with Gasteiger partial charge in [0.15, 0.2) is 0 Å². The summed E-state index contributed by atoms with van der Waals surface area (Å²) in [6, 6.07) is 7.18. The average Bonchev–Trinajstić information content (AvgIpc) is 2.27. The van der Waals surface area contributed by atoms with Gasteiger partial charge in [-0.2, -0.15) is 0 Å². The lowest BCUT2D eigenvalue weighted by molar-refractivity contribution is 0.380. The molecule has 102 valence electrons. The molecular formula is C16H27NO. The molecule has 1 rings (SSSR count). The lowest BCUT2D eigenvalue weighted by Crippen LogP contribution is -2.30. The molecular weight excluding hydrogens is 222 g/mol. The normalized spacial score (nSPS) is 14.6. The standard InChI is InChI=1S/C16H27NO/c1-11(2)9-13(4)17-14(5)15-10-12(3)7-8-16(15)18-6/h7-8,10-11,13-14,17H,9H2,1-6H3. The molecule has 2 heteroatoms. The number of benzene rings is 1. The highest BCUT2D eigenvalue weighted by atomic mass is 16.5. The van der Waals surface area contributed by atoms with Crippen LogP contribution in [0.4, 0.5) is 0 Å². The summed E-state index contributed by atoms with van der Waals surface area (Å²) in [5, 5.41) is 3.65. The van der Waals surface area contributed by atoms with Gasteiger partial charge in [0.25, 0.3) is 0 Å². The molecule has 0 aliphatic carbocycles. The van der Waals surface area contributed by atoms with Crippen LogP contribution in [0.2, 0.25) is 0 Å². The lowest BCUT2D eigenvalue weighted by atomic mass is 10.0. The van der Waals surface area contributed by atoms with Crippen LogP contribution in [0.25, 0.3) is 0 Å². The zero-order chi connectivity index (χ0) is 13.7. The van der Waals surface area contributed by atoms with Crippen molar-refractivity contribution in [3.8, 4) is 5.75 Å². The highest BCUT2D eigenvalue weighted by Gasteiger charge is 2.14. The van der Waals surface area contributed by atoms with E-state index < -0.39 is 0 Å². The third kappa shape index (κ3) is 4.34. The first-order valence-corrected chi connectivity index (χ1v) is 6.84. The van der Waals surface area contributed by atoms with Crippen LogP contribution in [0.3, 0.4) is 0 Å². The van der Waals surface area contributed by atoms with Crippen LogP contribution < -0.4 is 10.1 Å². The SMILES string of the molecule is COc1ccc(C)cc1C(C)NC(C)CC(C)C. The highest BCUT2D eigenvalue weighted by molar-refractivity contribution is 5.38. The number of nitrogens with one attached hydrogen (secondary N) is 1. The van der Waals surface area contributed by atoms with E-state index >= 15 is 0 Å². The molecule has 2 unspecified atom stereocenters. The first kappa shape index (κ1) is 15.0. The van der Waals surface area contributed by atoms with Crippen LogP contribution in [0.1, 0.15) is 51.3 Å². The van der Waals surface area contributed by atoms with E-state index in [1.807, 2.05) is 0 Å². The van der Waals surface area contributed by atoms with Crippen LogP contribution in [-0.4, -0.2) is 13.2 Å². The van der Waals surface area contributed by atoms with Gasteiger partial charge in [0.05, 0.1) is 7.11 Å². The molecule has 1 N–H and O–H groups in total. The Balaban J connectivity index is 2.76. The fourth-order valence-corrected chi connectivity index (χ4v) is 2.48. The van der Waals surface area contributed by atoms with E-state index in [1.54, 1.807) is 7.11 Å². The Bertz CT molecular complexity index is 373. The summed E-state index contributed by atoms with van der Waals surface area (Å²) in [6.45, 7) is 11.1. The van der Waals surface area contributed by atoms with Gasteiger partial charge in [-0.3, -0.25) is 0 Å². The van der Waals surface area contributed by atoms with Crippen LogP contribution >= 0.6 is 0 Å². The van der Waals surface area contributed by atoms with E-state index in [-0.39, 0.29) is 0 Å². The molecule has 0 aliphatic heterocycles. The number of aryl methyl sites for hydroxylation is 1. The summed E-state index contributed by atoms with van der Waals surface area (Å²) >= 11 is 0. The molecule has 1 aromatic rings. The van der Waals surface area contributed by atoms with Crippen LogP contribution in [0, 0.1) is 12.8 Å². The minimum absolute atomic E-state index is 0.314. The van der Waals surface area contributed by atoms with Gasteiger partial charge >= 0.3 is 0 Å². The van der Waals surface area contributed by atoms with Crippen LogP contribution in [0.15, 0.2) is 18.2 Å². The number of hydrogen-bond donors (Lipinski definition) is 1. The van der Waals surface area contributed by atoms with Crippen molar-refractivity contribution in [3.63, 3.8) is 0 Å². The Morgan fingerprint density at radius 2 is 1.83 bits per heavy atom. The maximum atomic E-state index is 5.44. The first-order valence-electron chi connectivity index (χ1n) is 6.84. The minimum atomic E-state index is 0.314. The number of rotatable bonds is 6. The van der Waals surface area contributed by atoms with E-state index in [1.165, 1.54) is 17.5 Å². The van der Waals surface area contributed by atoms with E-state index in [2.05, 4.69) is 58.1 Å². The van der Waals surface area contributed by atoms with Gasteiger partial charge in [0.1, 0.15) is 5.75 Å². The molecule has 0 saturated carbocycles. The van der Waals surface area contributed by atoms with Crippen LogP contribution in [0.5, 0.6) is 5.75 Å². The van der Waals surface area contributed by atoms with Gasteiger partial charge in [-0.1, -0.05) is 31.5 Å². The summed E-state index contributed by atoms with van der Waals surface area (Å²) in [7, 11) is 1.73. The zero-order valence-corrected chi connectivity index (χ0v) is 12.6. The largest absolute Gasteiger partial charge is 0.496 e. The summed E-state index contributed by atoms with van der Waals surface area (Å²) in [4.78, 5) is 0. The molecule has 18 heavy (non-hydrogen) atoms. The Hall–Kier alpha value is -1.02. The van der Waals surface area contributed by atoms with Crippen molar-refractivity contribution in [2.75, 3.05) is 7.11 Å². The smallest absolute Gasteiger partial charge is 0.123 e. The fourth-order valence-electron chi connectivity index (χ4n) is 2.48. The molecule has 0 spiro atoms. The van der Waals surface area contributed by atoms with Gasteiger partial charge in [-0.15, -0.1) is 0 Å². The molecule has 0 radical (unpaired) electrons. The van der Waals surface area contributed by atoms with Crippen molar-refractivity contribution in [2.24, 2.45) is 5.92 Å². The number of methoxy groups -OCH3 is 1. The van der Waals surface area contributed by atoms with Crippen LogP contribution in [-0.2, 0) is 0 Å². The molecule has 0 amide bonds. The quantitative estimate of drug-likeness (QED) is 0.820.